The molecule has 1 saturated heterocycles. The molecule has 5 heteroatoms. The van der Waals surface area contributed by atoms with E-state index in [9.17, 15) is 4.79 Å². The van der Waals surface area contributed by atoms with E-state index in [1.807, 2.05) is 13.8 Å². The Morgan fingerprint density at radius 1 is 1.50 bits per heavy atom. The van der Waals surface area contributed by atoms with Crippen molar-refractivity contribution in [2.75, 3.05) is 19.8 Å². The van der Waals surface area contributed by atoms with Crippen molar-refractivity contribution in [1.82, 2.24) is 5.32 Å². The number of hydrogen-bond donors (Lipinski definition) is 2. The molecule has 2 unspecified atom stereocenters. The molecule has 1 amide bonds. The molecule has 0 aromatic rings. The normalized spacial score (nSPS) is 27.4. The summed E-state index contributed by atoms with van der Waals surface area (Å²) >= 11 is 0. The van der Waals surface area contributed by atoms with Gasteiger partial charge in [-0.3, -0.25) is 10.1 Å². The van der Waals surface area contributed by atoms with E-state index in [0.717, 1.165) is 25.9 Å². The van der Waals surface area contributed by atoms with E-state index < -0.39 is 5.54 Å². The molecule has 1 saturated carbocycles. The summed E-state index contributed by atoms with van der Waals surface area (Å²) in [6.07, 6.45) is 3.11. The Kier molecular flexibility index (Phi) is 4.25. The average Bonchev–Trinajstić information content (AvgIpc) is 3.01. The van der Waals surface area contributed by atoms with Crippen LogP contribution in [0.5, 0.6) is 0 Å². The van der Waals surface area contributed by atoms with Crippen molar-refractivity contribution in [3.05, 3.63) is 0 Å². The molecular formula is C13H24N2O3. The summed E-state index contributed by atoms with van der Waals surface area (Å²) < 4.78 is 11.1. The Morgan fingerprint density at radius 3 is 2.67 bits per heavy atom. The number of primary amides is 1. The summed E-state index contributed by atoms with van der Waals surface area (Å²) in [4.78, 5) is 11.9. The van der Waals surface area contributed by atoms with Gasteiger partial charge in [0.1, 0.15) is 5.54 Å². The van der Waals surface area contributed by atoms with Gasteiger partial charge in [-0.15, -0.1) is 0 Å². The zero-order valence-corrected chi connectivity index (χ0v) is 11.3. The molecular weight excluding hydrogens is 232 g/mol. The molecule has 0 aromatic heterocycles. The summed E-state index contributed by atoms with van der Waals surface area (Å²) in [5.41, 5.74) is 4.94. The van der Waals surface area contributed by atoms with Gasteiger partial charge in [-0.05, 0) is 39.0 Å². The lowest BCUT2D eigenvalue weighted by atomic mass is 9.92. The Morgan fingerprint density at radius 2 is 2.22 bits per heavy atom. The second-order valence-electron chi connectivity index (χ2n) is 5.71. The van der Waals surface area contributed by atoms with Gasteiger partial charge in [-0.1, -0.05) is 0 Å². The van der Waals surface area contributed by atoms with E-state index in [4.69, 9.17) is 15.2 Å². The van der Waals surface area contributed by atoms with Crippen molar-refractivity contribution in [2.24, 2.45) is 11.7 Å². The summed E-state index contributed by atoms with van der Waals surface area (Å²) in [5, 5.41) is 3.34. The molecule has 104 valence electrons. The highest BCUT2D eigenvalue weighted by molar-refractivity contribution is 5.85. The number of ether oxygens (including phenoxy) is 2. The van der Waals surface area contributed by atoms with Crippen molar-refractivity contribution < 1.29 is 14.3 Å². The molecule has 18 heavy (non-hydrogen) atoms. The van der Waals surface area contributed by atoms with Gasteiger partial charge < -0.3 is 15.2 Å². The van der Waals surface area contributed by atoms with Crippen molar-refractivity contribution in [2.45, 2.75) is 50.8 Å². The topological polar surface area (TPSA) is 73.6 Å². The molecule has 2 aliphatic rings. The number of carbonyl (C=O) groups is 1. The molecule has 3 N–H and O–H groups in total. The van der Waals surface area contributed by atoms with E-state index in [1.54, 1.807) is 0 Å². The molecule has 0 aromatic carbocycles. The van der Waals surface area contributed by atoms with E-state index in [-0.39, 0.29) is 18.1 Å². The van der Waals surface area contributed by atoms with Crippen LogP contribution in [0.3, 0.4) is 0 Å². The third-order valence-corrected chi connectivity index (χ3v) is 3.69. The number of amides is 1. The fourth-order valence-corrected chi connectivity index (χ4v) is 2.61. The monoisotopic (exact) mass is 256 g/mol. The zero-order chi connectivity index (χ0) is 13.2. The van der Waals surface area contributed by atoms with Crippen molar-refractivity contribution >= 4 is 5.91 Å². The number of nitrogens with one attached hydrogen (secondary N) is 1. The Bertz CT molecular complexity index is 299. The van der Waals surface area contributed by atoms with Gasteiger partial charge in [-0.2, -0.15) is 0 Å². The molecule has 2 rings (SSSR count). The maximum Gasteiger partial charge on any atom is 0.240 e. The second kappa shape index (κ2) is 5.55. The lowest BCUT2D eigenvalue weighted by molar-refractivity contribution is -0.130. The third-order valence-electron chi connectivity index (χ3n) is 3.69. The van der Waals surface area contributed by atoms with Crippen LogP contribution in [-0.4, -0.2) is 43.4 Å². The van der Waals surface area contributed by atoms with E-state index in [0.29, 0.717) is 19.1 Å². The first kappa shape index (κ1) is 13.8. The lowest BCUT2D eigenvalue weighted by Crippen LogP contribution is -2.62. The minimum absolute atomic E-state index is 0.108. The molecule has 0 radical (unpaired) electrons. The van der Waals surface area contributed by atoms with Gasteiger partial charge in [0, 0.05) is 12.6 Å². The van der Waals surface area contributed by atoms with Crippen molar-refractivity contribution in [3.63, 3.8) is 0 Å². The van der Waals surface area contributed by atoms with Gasteiger partial charge in [0.25, 0.3) is 0 Å². The van der Waals surface area contributed by atoms with Gasteiger partial charge >= 0.3 is 0 Å². The predicted octanol–water partition coefficient (Wildman–Crippen LogP) is 0.424. The maximum atomic E-state index is 11.9. The standard InChI is InChI=1S/C13H24N2O3/c1-9(2)15-13(12(14)16,10-3-4-10)8-18-11-5-6-17-7-11/h9-11,15H,3-8H2,1-2H3,(H2,14,16). The van der Waals surface area contributed by atoms with Crippen LogP contribution >= 0.6 is 0 Å². The summed E-state index contributed by atoms with van der Waals surface area (Å²) in [6, 6.07) is 0.210. The van der Waals surface area contributed by atoms with Crippen LogP contribution in [0.1, 0.15) is 33.1 Å². The Balaban J connectivity index is 1.99. The first-order valence-electron chi connectivity index (χ1n) is 6.81. The molecule has 1 aliphatic heterocycles. The quantitative estimate of drug-likeness (QED) is 0.692. The largest absolute Gasteiger partial charge is 0.379 e. The van der Waals surface area contributed by atoms with Crippen molar-refractivity contribution in [3.8, 4) is 0 Å². The predicted molar refractivity (Wildman–Crippen MR) is 68.1 cm³/mol. The lowest BCUT2D eigenvalue weighted by Gasteiger charge is -2.34. The van der Waals surface area contributed by atoms with Crippen molar-refractivity contribution in [1.29, 1.82) is 0 Å². The first-order valence-corrected chi connectivity index (χ1v) is 6.81. The number of nitrogens with two attached hydrogens (primary N) is 1. The van der Waals surface area contributed by atoms with E-state index in [2.05, 4.69) is 5.32 Å². The highest BCUT2D eigenvalue weighted by Gasteiger charge is 2.50. The molecule has 2 fully saturated rings. The average molecular weight is 256 g/mol. The van der Waals surface area contributed by atoms with Crippen LogP contribution in [0.15, 0.2) is 0 Å². The fraction of sp³-hybridized carbons (Fsp3) is 0.923. The summed E-state index contributed by atoms with van der Waals surface area (Å²) in [6.45, 7) is 5.78. The van der Waals surface area contributed by atoms with Crippen LogP contribution < -0.4 is 11.1 Å². The molecule has 1 heterocycles. The maximum absolute atomic E-state index is 11.9. The van der Waals surface area contributed by atoms with E-state index >= 15 is 0 Å². The second-order valence-corrected chi connectivity index (χ2v) is 5.71. The Labute approximate surface area is 108 Å². The van der Waals surface area contributed by atoms with Gasteiger partial charge in [0.2, 0.25) is 5.91 Å². The number of hydrogen-bond acceptors (Lipinski definition) is 4. The SMILES string of the molecule is CC(C)NC(COC1CCOC1)(C(N)=O)C1CC1. The number of rotatable bonds is 7. The highest BCUT2D eigenvalue weighted by atomic mass is 16.5. The van der Waals surface area contributed by atoms with Gasteiger partial charge in [0.05, 0.1) is 19.3 Å². The Hall–Kier alpha value is -0.650. The van der Waals surface area contributed by atoms with Gasteiger partial charge in [0.15, 0.2) is 0 Å². The smallest absolute Gasteiger partial charge is 0.240 e. The fourth-order valence-electron chi connectivity index (χ4n) is 2.61. The van der Waals surface area contributed by atoms with Crippen LogP contribution in [0.2, 0.25) is 0 Å². The molecule has 2 atom stereocenters. The van der Waals surface area contributed by atoms with Crippen LogP contribution in [-0.2, 0) is 14.3 Å². The van der Waals surface area contributed by atoms with Crippen LogP contribution in [0.4, 0.5) is 0 Å². The first-order chi connectivity index (χ1) is 8.54. The van der Waals surface area contributed by atoms with Crippen LogP contribution in [0, 0.1) is 5.92 Å². The van der Waals surface area contributed by atoms with Crippen LogP contribution in [0.25, 0.3) is 0 Å². The third kappa shape index (κ3) is 3.02. The number of carbonyl (C=O) groups excluding carboxylic acids is 1. The minimum atomic E-state index is -0.698. The van der Waals surface area contributed by atoms with Gasteiger partial charge in [-0.25, -0.2) is 0 Å². The summed E-state index contributed by atoms with van der Waals surface area (Å²) in [7, 11) is 0. The molecule has 5 nitrogen and oxygen atoms in total. The molecule has 0 spiro atoms. The zero-order valence-electron chi connectivity index (χ0n) is 11.3. The summed E-state index contributed by atoms with van der Waals surface area (Å²) in [5.74, 6) is 0.0253. The highest BCUT2D eigenvalue weighted by Crippen LogP contribution is 2.40. The minimum Gasteiger partial charge on any atom is -0.379 e. The molecule has 1 aliphatic carbocycles. The molecule has 0 bridgehead atoms. The van der Waals surface area contributed by atoms with E-state index in [1.165, 1.54) is 0 Å².